The van der Waals surface area contributed by atoms with Crippen LogP contribution in [-0.2, 0) is 27.4 Å². The molecule has 2 amide bonds. The van der Waals surface area contributed by atoms with E-state index in [0.717, 1.165) is 0 Å². The minimum absolute atomic E-state index is 0.0183. The van der Waals surface area contributed by atoms with Crippen molar-refractivity contribution in [3.8, 4) is 5.75 Å². The highest BCUT2D eigenvalue weighted by molar-refractivity contribution is 5.99. The predicted molar refractivity (Wildman–Crippen MR) is 114 cm³/mol. The summed E-state index contributed by atoms with van der Waals surface area (Å²) in [5.41, 5.74) is 7.21. The fraction of sp³-hybridized carbons (Fsp3) is 0.348. The monoisotopic (exact) mass is 428 g/mol. The van der Waals surface area contributed by atoms with Gasteiger partial charge in [0.15, 0.2) is 0 Å². The molecule has 2 aromatic carbocycles. The van der Waals surface area contributed by atoms with Gasteiger partial charge in [0, 0.05) is 6.42 Å². The highest BCUT2D eigenvalue weighted by Gasteiger charge is 2.38. The van der Waals surface area contributed by atoms with Crippen LogP contribution in [0, 0.1) is 5.92 Å². The minimum atomic E-state index is -1.52. The lowest BCUT2D eigenvalue weighted by Crippen LogP contribution is -2.55. The average molecular weight is 428 g/mol. The van der Waals surface area contributed by atoms with Gasteiger partial charge in [-0.25, -0.2) is 14.5 Å². The summed E-state index contributed by atoms with van der Waals surface area (Å²) in [6, 6.07) is 12.1. The summed E-state index contributed by atoms with van der Waals surface area (Å²) < 4.78 is 5.26. The predicted octanol–water partition coefficient (Wildman–Crippen LogP) is 2.93. The Morgan fingerprint density at radius 2 is 1.61 bits per heavy atom. The molecule has 0 fully saturated rings. The molecule has 0 aromatic heterocycles. The Balaban J connectivity index is 2.29. The molecule has 0 saturated carbocycles. The zero-order valence-electron chi connectivity index (χ0n) is 17.6. The van der Waals surface area contributed by atoms with Crippen LogP contribution in [-0.4, -0.2) is 45.2 Å². The van der Waals surface area contributed by atoms with Crippen LogP contribution in [0.4, 0.5) is 4.79 Å². The molecule has 0 radical (unpaired) electrons. The summed E-state index contributed by atoms with van der Waals surface area (Å²) in [5.74, 6) is -2.08. The smallest absolute Gasteiger partial charge is 0.417 e. The van der Waals surface area contributed by atoms with Gasteiger partial charge >= 0.3 is 12.1 Å². The van der Waals surface area contributed by atoms with Crippen LogP contribution in [0.1, 0.15) is 31.4 Å². The largest absolute Gasteiger partial charge is 0.508 e. The van der Waals surface area contributed by atoms with E-state index in [0.29, 0.717) is 16.0 Å². The first-order valence-corrected chi connectivity index (χ1v) is 9.99. The zero-order valence-corrected chi connectivity index (χ0v) is 17.6. The average Bonchev–Trinajstić information content (AvgIpc) is 2.73. The summed E-state index contributed by atoms with van der Waals surface area (Å²) in [4.78, 5) is 38.5. The number of imide groups is 1. The number of aliphatic carboxylic acids is 1. The summed E-state index contributed by atoms with van der Waals surface area (Å²) >= 11 is 0. The van der Waals surface area contributed by atoms with Crippen molar-refractivity contribution < 1.29 is 29.3 Å². The van der Waals surface area contributed by atoms with Gasteiger partial charge < -0.3 is 20.7 Å². The maximum Gasteiger partial charge on any atom is 0.417 e. The van der Waals surface area contributed by atoms with Gasteiger partial charge in [-0.05, 0) is 35.6 Å². The molecular formula is C23H28N2O6. The third kappa shape index (κ3) is 7.11. The van der Waals surface area contributed by atoms with Crippen LogP contribution in [0.25, 0.3) is 0 Å². The minimum Gasteiger partial charge on any atom is -0.508 e. The Morgan fingerprint density at radius 1 is 1.00 bits per heavy atom. The van der Waals surface area contributed by atoms with Crippen molar-refractivity contribution in [2.45, 2.75) is 45.4 Å². The molecule has 0 bridgehead atoms. The molecule has 0 aliphatic rings. The van der Waals surface area contributed by atoms with E-state index in [-0.39, 0.29) is 31.1 Å². The molecule has 31 heavy (non-hydrogen) atoms. The third-order valence-corrected chi connectivity index (χ3v) is 4.64. The highest BCUT2D eigenvalue weighted by Crippen LogP contribution is 2.18. The molecular weight excluding hydrogens is 400 g/mol. The molecule has 2 aromatic rings. The van der Waals surface area contributed by atoms with E-state index >= 15 is 0 Å². The lowest BCUT2D eigenvalue weighted by Gasteiger charge is -2.29. The maximum absolute atomic E-state index is 13.0. The van der Waals surface area contributed by atoms with Crippen molar-refractivity contribution in [2.24, 2.45) is 11.7 Å². The van der Waals surface area contributed by atoms with Crippen molar-refractivity contribution in [3.05, 3.63) is 65.7 Å². The van der Waals surface area contributed by atoms with Gasteiger partial charge in [-0.2, -0.15) is 0 Å². The number of ether oxygens (including phenoxy) is 1. The molecule has 0 aliphatic heterocycles. The fourth-order valence-corrected chi connectivity index (χ4v) is 3.09. The van der Waals surface area contributed by atoms with Crippen molar-refractivity contribution in [1.82, 2.24) is 4.90 Å². The maximum atomic E-state index is 13.0. The van der Waals surface area contributed by atoms with E-state index < -0.39 is 30.1 Å². The number of carbonyl (C=O) groups is 3. The Hall–Kier alpha value is -3.39. The van der Waals surface area contributed by atoms with Crippen LogP contribution in [0.2, 0.25) is 0 Å². The Bertz CT molecular complexity index is 883. The van der Waals surface area contributed by atoms with E-state index in [1.54, 1.807) is 24.3 Å². The summed E-state index contributed by atoms with van der Waals surface area (Å²) in [6.45, 7) is 3.63. The number of hydrogen-bond acceptors (Lipinski definition) is 6. The van der Waals surface area contributed by atoms with Crippen molar-refractivity contribution in [3.63, 3.8) is 0 Å². The number of carboxylic acids is 1. The first-order chi connectivity index (χ1) is 14.7. The molecule has 2 rings (SSSR count). The molecule has 2 atom stereocenters. The van der Waals surface area contributed by atoms with Gasteiger partial charge in [-0.3, -0.25) is 4.79 Å². The number of hydrogen-bond donors (Lipinski definition) is 3. The van der Waals surface area contributed by atoms with Crippen molar-refractivity contribution >= 4 is 18.0 Å². The Kier molecular flexibility index (Phi) is 8.57. The molecule has 0 saturated heterocycles. The molecule has 0 spiro atoms. The lowest BCUT2D eigenvalue weighted by atomic mass is 10.0. The first-order valence-electron chi connectivity index (χ1n) is 9.99. The Morgan fingerprint density at radius 3 is 2.16 bits per heavy atom. The highest BCUT2D eigenvalue weighted by atomic mass is 16.6. The van der Waals surface area contributed by atoms with Crippen LogP contribution in [0.15, 0.2) is 54.6 Å². The number of amides is 2. The number of rotatable bonds is 9. The van der Waals surface area contributed by atoms with Crippen molar-refractivity contribution in [1.29, 1.82) is 0 Å². The Labute approximate surface area is 181 Å². The number of benzene rings is 2. The second-order valence-electron chi connectivity index (χ2n) is 7.71. The standard InChI is InChI=1S/C23H28N2O6/c1-15(2)12-19(24)21(27)25(23(30)31-14-17-6-4-3-5-7-17)20(22(28)29)13-16-8-10-18(26)11-9-16/h3-11,15,19-20,26H,12-14,24H2,1-2H3,(H,28,29). The van der Waals surface area contributed by atoms with E-state index in [1.807, 2.05) is 19.9 Å². The van der Waals surface area contributed by atoms with Crippen LogP contribution < -0.4 is 5.73 Å². The summed E-state index contributed by atoms with van der Waals surface area (Å²) in [7, 11) is 0. The molecule has 4 N–H and O–H groups in total. The van der Waals surface area contributed by atoms with E-state index in [9.17, 15) is 24.6 Å². The normalized spacial score (nSPS) is 12.8. The van der Waals surface area contributed by atoms with Gasteiger partial charge in [-0.1, -0.05) is 56.3 Å². The molecule has 166 valence electrons. The van der Waals surface area contributed by atoms with Crippen LogP contribution in [0.3, 0.4) is 0 Å². The molecule has 8 heteroatoms. The topological polar surface area (TPSA) is 130 Å². The third-order valence-electron chi connectivity index (χ3n) is 4.64. The first kappa shape index (κ1) is 23.9. The molecule has 2 unspecified atom stereocenters. The molecule has 8 nitrogen and oxygen atoms in total. The zero-order chi connectivity index (χ0) is 23.0. The lowest BCUT2D eigenvalue weighted by molar-refractivity contribution is -0.149. The van der Waals surface area contributed by atoms with E-state index in [4.69, 9.17) is 10.5 Å². The number of carboxylic acid groups (broad SMARTS) is 1. The van der Waals surface area contributed by atoms with Gasteiger partial charge in [0.25, 0.3) is 0 Å². The number of nitrogens with two attached hydrogens (primary N) is 1. The quantitative estimate of drug-likeness (QED) is 0.560. The second-order valence-corrected chi connectivity index (χ2v) is 7.71. The fourth-order valence-electron chi connectivity index (χ4n) is 3.09. The second kappa shape index (κ2) is 11.1. The number of aromatic hydroxyl groups is 1. The van der Waals surface area contributed by atoms with Gasteiger partial charge in [0.1, 0.15) is 18.4 Å². The SMILES string of the molecule is CC(C)CC(N)C(=O)N(C(=O)OCc1ccccc1)C(Cc1ccc(O)cc1)C(=O)O. The number of phenols is 1. The van der Waals surface area contributed by atoms with E-state index in [2.05, 4.69) is 0 Å². The summed E-state index contributed by atoms with van der Waals surface area (Å²) in [5, 5.41) is 19.3. The number of nitrogens with zero attached hydrogens (tertiary/aromatic N) is 1. The number of carbonyl (C=O) groups excluding carboxylic acids is 2. The molecule has 0 aliphatic carbocycles. The van der Waals surface area contributed by atoms with E-state index in [1.165, 1.54) is 24.3 Å². The van der Waals surface area contributed by atoms with Crippen LogP contribution in [0.5, 0.6) is 5.75 Å². The van der Waals surface area contributed by atoms with Gasteiger partial charge in [0.2, 0.25) is 5.91 Å². The van der Waals surface area contributed by atoms with Gasteiger partial charge in [0.05, 0.1) is 6.04 Å². The number of phenolic OH excluding ortho intramolecular Hbond substituents is 1. The van der Waals surface area contributed by atoms with Gasteiger partial charge in [-0.15, -0.1) is 0 Å². The van der Waals surface area contributed by atoms with Crippen LogP contribution >= 0.6 is 0 Å². The molecule has 0 heterocycles. The summed E-state index contributed by atoms with van der Waals surface area (Å²) in [6.07, 6.45) is -0.942. The van der Waals surface area contributed by atoms with Crippen molar-refractivity contribution in [2.75, 3.05) is 0 Å².